The van der Waals surface area contributed by atoms with Crippen molar-refractivity contribution in [2.45, 2.75) is 13.3 Å². The Morgan fingerprint density at radius 3 is 2.13 bits per heavy atom. The largest absolute Gasteiger partial charge is 0.274 e. The monoisotopic (exact) mass is 399 g/mol. The van der Waals surface area contributed by atoms with Gasteiger partial charge in [0.05, 0.1) is 5.52 Å². The van der Waals surface area contributed by atoms with Crippen LogP contribution in [0.5, 0.6) is 0 Å². The van der Waals surface area contributed by atoms with Crippen molar-refractivity contribution < 1.29 is 0 Å². The molecular weight excluding hydrogens is 378 g/mol. The van der Waals surface area contributed by atoms with Crippen molar-refractivity contribution in [3.8, 4) is 22.5 Å². The highest BCUT2D eigenvalue weighted by Gasteiger charge is 2.15. The van der Waals surface area contributed by atoms with Crippen molar-refractivity contribution >= 4 is 27.3 Å². The summed E-state index contributed by atoms with van der Waals surface area (Å²) in [7, 11) is 0. The molecule has 3 nitrogen and oxygen atoms in total. The fraction of sp³-hybridized carbons (Fsp3) is 0.0714. The predicted molar refractivity (Wildman–Crippen MR) is 128 cm³/mol. The second kappa shape index (κ2) is 7.06. The van der Waals surface area contributed by atoms with E-state index in [1.807, 2.05) is 0 Å². The van der Waals surface area contributed by atoms with Crippen LogP contribution in [0.2, 0.25) is 0 Å². The number of aryl methyl sites for hydroxylation is 1. The first kappa shape index (κ1) is 17.8. The van der Waals surface area contributed by atoms with Crippen LogP contribution in [-0.2, 0) is 6.42 Å². The highest BCUT2D eigenvalue weighted by atomic mass is 15.2. The van der Waals surface area contributed by atoms with E-state index in [1.54, 1.807) is 0 Å². The maximum Gasteiger partial charge on any atom is 0.169 e. The number of pyridine rings is 1. The number of para-hydroxylation sites is 1. The summed E-state index contributed by atoms with van der Waals surface area (Å²) in [4.78, 5) is 0. The Labute approximate surface area is 180 Å². The number of benzene rings is 4. The number of hydrogen-bond acceptors (Lipinski definition) is 2. The first-order valence-electron chi connectivity index (χ1n) is 10.7. The van der Waals surface area contributed by atoms with Crippen LogP contribution < -0.4 is 0 Å². The summed E-state index contributed by atoms with van der Waals surface area (Å²) < 4.78 is 2.18. The first-order valence-corrected chi connectivity index (χ1v) is 10.7. The molecule has 148 valence electrons. The van der Waals surface area contributed by atoms with Gasteiger partial charge in [0.15, 0.2) is 11.5 Å². The maximum absolute atomic E-state index is 4.61. The Hall–Kier alpha value is -3.98. The number of aromatic nitrogens is 3. The molecule has 0 saturated carbocycles. The fourth-order valence-corrected chi connectivity index (χ4v) is 4.47. The molecule has 2 aromatic heterocycles. The van der Waals surface area contributed by atoms with Gasteiger partial charge in [0, 0.05) is 16.3 Å². The lowest BCUT2D eigenvalue weighted by atomic mass is 10.0. The summed E-state index contributed by atoms with van der Waals surface area (Å²) in [6, 6.07) is 34.3. The Morgan fingerprint density at radius 1 is 0.613 bits per heavy atom. The topological polar surface area (TPSA) is 30.2 Å². The SMILES string of the molecule is CCc1cccc(-c2ccc(-c3nnc4c5ccccc5c5ccccc5n34)cc2)c1. The van der Waals surface area contributed by atoms with Crippen LogP contribution >= 0.6 is 0 Å². The van der Waals surface area contributed by atoms with Crippen LogP contribution in [-0.4, -0.2) is 14.6 Å². The van der Waals surface area contributed by atoms with Crippen molar-refractivity contribution in [3.05, 3.63) is 103 Å². The number of rotatable bonds is 3. The average molecular weight is 399 g/mol. The van der Waals surface area contributed by atoms with Crippen molar-refractivity contribution in [2.24, 2.45) is 0 Å². The third-order valence-corrected chi connectivity index (χ3v) is 6.08. The van der Waals surface area contributed by atoms with Gasteiger partial charge < -0.3 is 0 Å². The third-order valence-electron chi connectivity index (χ3n) is 6.08. The second-order valence-electron chi connectivity index (χ2n) is 7.88. The second-order valence-corrected chi connectivity index (χ2v) is 7.88. The summed E-state index contributed by atoms with van der Waals surface area (Å²) in [5.41, 5.74) is 6.88. The van der Waals surface area contributed by atoms with Crippen LogP contribution in [0.3, 0.4) is 0 Å². The molecule has 0 aliphatic carbocycles. The lowest BCUT2D eigenvalue weighted by molar-refractivity contribution is 1.12. The van der Waals surface area contributed by atoms with E-state index < -0.39 is 0 Å². The summed E-state index contributed by atoms with van der Waals surface area (Å²) in [6.45, 7) is 2.19. The maximum atomic E-state index is 4.61. The van der Waals surface area contributed by atoms with Gasteiger partial charge in [-0.1, -0.05) is 97.9 Å². The molecular formula is C28H21N3. The zero-order valence-corrected chi connectivity index (χ0v) is 17.3. The summed E-state index contributed by atoms with van der Waals surface area (Å²) in [5.74, 6) is 0.866. The molecule has 6 aromatic rings. The van der Waals surface area contributed by atoms with Gasteiger partial charge in [-0.15, -0.1) is 10.2 Å². The van der Waals surface area contributed by atoms with Crippen LogP contribution in [0, 0.1) is 0 Å². The van der Waals surface area contributed by atoms with E-state index in [1.165, 1.54) is 27.5 Å². The quantitative estimate of drug-likeness (QED) is 0.302. The minimum absolute atomic E-state index is 0.866. The molecule has 0 saturated heterocycles. The van der Waals surface area contributed by atoms with Crippen LogP contribution in [0.25, 0.3) is 49.8 Å². The van der Waals surface area contributed by atoms with E-state index in [-0.39, 0.29) is 0 Å². The van der Waals surface area contributed by atoms with E-state index in [2.05, 4.69) is 119 Å². The van der Waals surface area contributed by atoms with Gasteiger partial charge in [-0.2, -0.15) is 0 Å². The minimum Gasteiger partial charge on any atom is -0.274 e. The highest BCUT2D eigenvalue weighted by Crippen LogP contribution is 2.32. The molecule has 3 heteroatoms. The zero-order valence-electron chi connectivity index (χ0n) is 17.3. The number of hydrogen-bond donors (Lipinski definition) is 0. The Balaban J connectivity index is 1.55. The van der Waals surface area contributed by atoms with Crippen LogP contribution in [0.15, 0.2) is 97.1 Å². The first-order chi connectivity index (χ1) is 15.3. The molecule has 0 fully saturated rings. The van der Waals surface area contributed by atoms with Crippen molar-refractivity contribution in [1.82, 2.24) is 14.6 Å². The summed E-state index contributed by atoms with van der Waals surface area (Å²) in [6.07, 6.45) is 1.04. The van der Waals surface area contributed by atoms with Crippen LogP contribution in [0.4, 0.5) is 0 Å². The van der Waals surface area contributed by atoms with Gasteiger partial charge in [-0.25, -0.2) is 0 Å². The Bertz CT molecular complexity index is 1560. The van der Waals surface area contributed by atoms with E-state index in [0.717, 1.165) is 34.4 Å². The van der Waals surface area contributed by atoms with Crippen molar-refractivity contribution in [2.75, 3.05) is 0 Å². The zero-order chi connectivity index (χ0) is 20.8. The fourth-order valence-electron chi connectivity index (χ4n) is 4.47. The van der Waals surface area contributed by atoms with E-state index in [0.29, 0.717) is 0 Å². The van der Waals surface area contributed by atoms with Gasteiger partial charge in [-0.3, -0.25) is 4.40 Å². The van der Waals surface area contributed by atoms with E-state index >= 15 is 0 Å². The number of fused-ring (bicyclic) bond motifs is 6. The van der Waals surface area contributed by atoms with E-state index in [9.17, 15) is 0 Å². The molecule has 0 aliphatic rings. The Morgan fingerprint density at radius 2 is 1.32 bits per heavy atom. The normalized spacial score (nSPS) is 11.5. The van der Waals surface area contributed by atoms with Crippen LogP contribution in [0.1, 0.15) is 12.5 Å². The third kappa shape index (κ3) is 2.82. The highest BCUT2D eigenvalue weighted by molar-refractivity contribution is 6.12. The Kier molecular flexibility index (Phi) is 4.07. The summed E-state index contributed by atoms with van der Waals surface area (Å²) in [5, 5.41) is 12.7. The molecule has 0 N–H and O–H groups in total. The molecule has 2 heterocycles. The average Bonchev–Trinajstić information content (AvgIpc) is 3.30. The van der Waals surface area contributed by atoms with Gasteiger partial charge in [0.2, 0.25) is 0 Å². The minimum atomic E-state index is 0.866. The summed E-state index contributed by atoms with van der Waals surface area (Å²) >= 11 is 0. The van der Waals surface area contributed by atoms with Gasteiger partial charge >= 0.3 is 0 Å². The molecule has 0 unspecified atom stereocenters. The standard InChI is InChI=1S/C28H21N3/c1-2-19-8-7-9-22(18-19)20-14-16-21(17-15-20)27-29-30-28-25-12-4-3-10-23(25)24-11-5-6-13-26(24)31(27)28/h3-18H,2H2,1H3. The van der Waals surface area contributed by atoms with Gasteiger partial charge in [-0.05, 0) is 34.6 Å². The molecule has 31 heavy (non-hydrogen) atoms. The molecule has 0 radical (unpaired) electrons. The lowest BCUT2D eigenvalue weighted by Crippen LogP contribution is -1.94. The molecule has 0 amide bonds. The molecule has 4 aromatic carbocycles. The molecule has 0 atom stereocenters. The van der Waals surface area contributed by atoms with E-state index in [4.69, 9.17) is 0 Å². The molecule has 6 rings (SSSR count). The van der Waals surface area contributed by atoms with Crippen molar-refractivity contribution in [3.63, 3.8) is 0 Å². The lowest BCUT2D eigenvalue weighted by Gasteiger charge is -2.10. The predicted octanol–water partition coefficient (Wildman–Crippen LogP) is 6.93. The molecule has 0 aliphatic heterocycles. The van der Waals surface area contributed by atoms with Gasteiger partial charge in [0.1, 0.15) is 0 Å². The van der Waals surface area contributed by atoms with Gasteiger partial charge in [0.25, 0.3) is 0 Å². The molecule has 0 bridgehead atoms. The van der Waals surface area contributed by atoms with Crippen molar-refractivity contribution in [1.29, 1.82) is 0 Å². The number of nitrogens with zero attached hydrogens (tertiary/aromatic N) is 3. The molecule has 0 spiro atoms. The smallest absolute Gasteiger partial charge is 0.169 e.